The Morgan fingerprint density at radius 3 is 2.63 bits per heavy atom. The molecule has 0 spiro atoms. The molecule has 0 aliphatic carbocycles. The van der Waals surface area contributed by atoms with E-state index in [1.165, 1.54) is 0 Å². The van der Waals surface area contributed by atoms with Crippen LogP contribution in [0.4, 0.5) is 11.4 Å². The van der Waals surface area contributed by atoms with Crippen LogP contribution < -0.4 is 11.1 Å². The first-order chi connectivity index (χ1) is 8.97. The minimum absolute atomic E-state index is 0.259. The van der Waals surface area contributed by atoms with Crippen molar-refractivity contribution >= 4 is 44.8 Å². The summed E-state index contributed by atoms with van der Waals surface area (Å²) in [5.74, 6) is -0.259. The van der Waals surface area contributed by atoms with Crippen LogP contribution in [0.15, 0.2) is 40.9 Å². The lowest BCUT2D eigenvalue weighted by Gasteiger charge is -2.09. The Bertz CT molecular complexity index is 643. The van der Waals surface area contributed by atoms with Gasteiger partial charge in [-0.25, -0.2) is 0 Å². The molecule has 0 saturated carbocycles. The average molecular weight is 340 g/mol. The van der Waals surface area contributed by atoms with Gasteiger partial charge in [0, 0.05) is 20.9 Å². The monoisotopic (exact) mass is 338 g/mol. The van der Waals surface area contributed by atoms with Gasteiger partial charge in [-0.3, -0.25) is 4.79 Å². The lowest BCUT2D eigenvalue weighted by Crippen LogP contribution is -2.14. The predicted octanol–water partition coefficient (Wildman–Crippen LogP) is 4.25. The molecule has 3 nitrogen and oxygen atoms in total. The minimum Gasteiger partial charge on any atom is -0.398 e. The standard InChI is InChI=1S/C14H12BrClN2O/c1-8-2-4-10(7-12(8)16)18-14(19)11-5-3-9(15)6-13(11)17/h2-7H,17H2,1H3,(H,18,19). The first-order valence-electron chi connectivity index (χ1n) is 5.60. The number of nitrogens with two attached hydrogens (primary N) is 1. The summed E-state index contributed by atoms with van der Waals surface area (Å²) in [6.07, 6.45) is 0. The van der Waals surface area contributed by atoms with Gasteiger partial charge in [0.2, 0.25) is 0 Å². The van der Waals surface area contributed by atoms with E-state index in [-0.39, 0.29) is 5.91 Å². The summed E-state index contributed by atoms with van der Waals surface area (Å²) in [5.41, 5.74) is 8.27. The Balaban J connectivity index is 2.23. The van der Waals surface area contributed by atoms with Crippen LogP contribution in [0.25, 0.3) is 0 Å². The van der Waals surface area contributed by atoms with Crippen molar-refractivity contribution in [1.82, 2.24) is 0 Å². The van der Waals surface area contributed by atoms with E-state index in [0.29, 0.717) is 22.0 Å². The van der Waals surface area contributed by atoms with Crippen LogP contribution in [-0.4, -0.2) is 5.91 Å². The molecule has 0 fully saturated rings. The van der Waals surface area contributed by atoms with Crippen molar-refractivity contribution in [2.45, 2.75) is 6.92 Å². The Kier molecular flexibility index (Phi) is 4.12. The molecular weight excluding hydrogens is 328 g/mol. The van der Waals surface area contributed by atoms with Crippen LogP contribution in [0.2, 0.25) is 5.02 Å². The zero-order valence-electron chi connectivity index (χ0n) is 10.2. The van der Waals surface area contributed by atoms with Crippen molar-refractivity contribution in [1.29, 1.82) is 0 Å². The van der Waals surface area contributed by atoms with E-state index in [4.69, 9.17) is 17.3 Å². The molecule has 0 saturated heterocycles. The Hall–Kier alpha value is -1.52. The SMILES string of the molecule is Cc1ccc(NC(=O)c2ccc(Br)cc2N)cc1Cl. The fourth-order valence-corrected chi connectivity index (χ4v) is 2.17. The molecule has 1 amide bonds. The Morgan fingerprint density at radius 1 is 1.26 bits per heavy atom. The van der Waals surface area contributed by atoms with Crippen molar-refractivity contribution in [3.63, 3.8) is 0 Å². The van der Waals surface area contributed by atoms with Gasteiger partial charge in [0.25, 0.3) is 5.91 Å². The third-order valence-corrected chi connectivity index (χ3v) is 3.59. The second-order valence-corrected chi connectivity index (χ2v) is 5.47. The van der Waals surface area contributed by atoms with E-state index in [9.17, 15) is 4.79 Å². The quantitative estimate of drug-likeness (QED) is 0.804. The number of halogens is 2. The molecule has 0 heterocycles. The number of carbonyl (C=O) groups is 1. The summed E-state index contributed by atoms with van der Waals surface area (Å²) in [6, 6.07) is 10.5. The molecule has 0 aromatic heterocycles. The van der Waals surface area contributed by atoms with E-state index >= 15 is 0 Å². The molecule has 0 unspecified atom stereocenters. The van der Waals surface area contributed by atoms with Crippen molar-refractivity contribution < 1.29 is 4.79 Å². The number of nitrogens with one attached hydrogen (secondary N) is 1. The van der Waals surface area contributed by atoms with Gasteiger partial charge in [-0.1, -0.05) is 33.6 Å². The summed E-state index contributed by atoms with van der Waals surface area (Å²) in [5, 5.41) is 3.38. The molecule has 2 rings (SSSR count). The topological polar surface area (TPSA) is 55.1 Å². The minimum atomic E-state index is -0.259. The van der Waals surface area contributed by atoms with Crippen LogP contribution in [0, 0.1) is 6.92 Å². The molecule has 2 aromatic rings. The maximum atomic E-state index is 12.1. The van der Waals surface area contributed by atoms with Gasteiger partial charge in [-0.05, 0) is 42.8 Å². The lowest BCUT2D eigenvalue weighted by molar-refractivity contribution is 0.102. The fourth-order valence-electron chi connectivity index (χ4n) is 1.61. The van der Waals surface area contributed by atoms with Crippen LogP contribution in [0.3, 0.4) is 0 Å². The van der Waals surface area contributed by atoms with Crippen LogP contribution in [0.1, 0.15) is 15.9 Å². The largest absolute Gasteiger partial charge is 0.398 e. The molecule has 98 valence electrons. The summed E-state index contributed by atoms with van der Waals surface area (Å²) in [4.78, 5) is 12.1. The summed E-state index contributed by atoms with van der Waals surface area (Å²) >= 11 is 9.31. The van der Waals surface area contributed by atoms with Crippen molar-refractivity contribution in [3.05, 3.63) is 57.0 Å². The zero-order valence-corrected chi connectivity index (χ0v) is 12.5. The number of hydrogen-bond donors (Lipinski definition) is 2. The van der Waals surface area contributed by atoms with Gasteiger partial charge in [0.1, 0.15) is 0 Å². The van der Waals surface area contributed by atoms with Crippen molar-refractivity contribution in [3.8, 4) is 0 Å². The highest BCUT2D eigenvalue weighted by atomic mass is 79.9. The summed E-state index contributed by atoms with van der Waals surface area (Å²) in [7, 11) is 0. The Labute approximate surface area is 124 Å². The fraction of sp³-hybridized carbons (Fsp3) is 0.0714. The van der Waals surface area contributed by atoms with E-state index in [1.807, 2.05) is 13.0 Å². The number of rotatable bonds is 2. The van der Waals surface area contributed by atoms with Crippen LogP contribution in [-0.2, 0) is 0 Å². The predicted molar refractivity (Wildman–Crippen MR) is 82.7 cm³/mol. The van der Waals surface area contributed by atoms with Gasteiger partial charge in [0.05, 0.1) is 5.56 Å². The van der Waals surface area contributed by atoms with Crippen LogP contribution >= 0.6 is 27.5 Å². The maximum Gasteiger partial charge on any atom is 0.257 e. The zero-order chi connectivity index (χ0) is 14.0. The molecule has 3 N–H and O–H groups in total. The summed E-state index contributed by atoms with van der Waals surface area (Å²) in [6.45, 7) is 1.90. The second kappa shape index (κ2) is 5.63. The van der Waals surface area contributed by atoms with Crippen molar-refractivity contribution in [2.24, 2.45) is 0 Å². The molecule has 2 aromatic carbocycles. The van der Waals surface area contributed by atoms with Gasteiger partial charge >= 0.3 is 0 Å². The van der Waals surface area contributed by atoms with Gasteiger partial charge in [0.15, 0.2) is 0 Å². The number of aryl methyl sites for hydroxylation is 1. The molecular formula is C14H12BrClN2O. The highest BCUT2D eigenvalue weighted by molar-refractivity contribution is 9.10. The number of carbonyl (C=O) groups excluding carboxylic acids is 1. The lowest BCUT2D eigenvalue weighted by atomic mass is 10.1. The summed E-state index contributed by atoms with van der Waals surface area (Å²) < 4.78 is 0.833. The molecule has 0 aliphatic rings. The average Bonchev–Trinajstić information content (AvgIpc) is 2.33. The molecule has 5 heteroatoms. The third kappa shape index (κ3) is 3.28. The first kappa shape index (κ1) is 13.9. The highest BCUT2D eigenvalue weighted by Crippen LogP contribution is 2.22. The smallest absolute Gasteiger partial charge is 0.257 e. The molecule has 19 heavy (non-hydrogen) atoms. The maximum absolute atomic E-state index is 12.1. The van der Waals surface area contributed by atoms with Gasteiger partial charge in [-0.2, -0.15) is 0 Å². The number of benzene rings is 2. The highest BCUT2D eigenvalue weighted by Gasteiger charge is 2.10. The molecule has 0 atom stereocenters. The molecule has 0 aliphatic heterocycles. The van der Waals surface area contributed by atoms with E-state index in [0.717, 1.165) is 10.0 Å². The third-order valence-electron chi connectivity index (χ3n) is 2.69. The van der Waals surface area contributed by atoms with E-state index in [2.05, 4.69) is 21.2 Å². The Morgan fingerprint density at radius 2 is 2.00 bits per heavy atom. The van der Waals surface area contributed by atoms with E-state index in [1.54, 1.807) is 30.3 Å². The number of nitrogen functional groups attached to an aromatic ring is 1. The second-order valence-electron chi connectivity index (χ2n) is 4.15. The van der Waals surface area contributed by atoms with E-state index < -0.39 is 0 Å². The number of hydrogen-bond acceptors (Lipinski definition) is 2. The molecule has 0 bridgehead atoms. The normalized spacial score (nSPS) is 10.3. The van der Waals surface area contributed by atoms with Crippen molar-refractivity contribution in [2.75, 3.05) is 11.1 Å². The number of amides is 1. The van der Waals surface area contributed by atoms with Crippen LogP contribution in [0.5, 0.6) is 0 Å². The first-order valence-corrected chi connectivity index (χ1v) is 6.77. The van der Waals surface area contributed by atoms with Gasteiger partial charge < -0.3 is 11.1 Å². The molecule has 0 radical (unpaired) electrons. The van der Waals surface area contributed by atoms with Gasteiger partial charge in [-0.15, -0.1) is 0 Å². The number of anilines is 2.